The van der Waals surface area contributed by atoms with Crippen LogP contribution in [0.3, 0.4) is 0 Å². The molecule has 0 aliphatic rings. The molecule has 1 heterocycles. The minimum atomic E-state index is -3.86. The molecule has 0 saturated carbocycles. The number of hydrogen-bond acceptors (Lipinski definition) is 4. The van der Waals surface area contributed by atoms with Crippen molar-refractivity contribution in [3.63, 3.8) is 0 Å². The molecule has 2 N–H and O–H groups in total. The Labute approximate surface area is 163 Å². The number of nitrogens with zero attached hydrogens (tertiary/aromatic N) is 2. The molecular weight excluding hydrogens is 413 g/mol. The Morgan fingerprint density at radius 1 is 1.33 bits per heavy atom. The van der Waals surface area contributed by atoms with Crippen LogP contribution in [-0.4, -0.2) is 18.9 Å². The number of rotatable bonds is 4. The Balaban J connectivity index is 2.19. The smallest absolute Gasteiger partial charge is 0.281 e. The van der Waals surface area contributed by atoms with Crippen molar-refractivity contribution in [1.82, 2.24) is 4.57 Å². The van der Waals surface area contributed by atoms with Gasteiger partial charge in [0.2, 0.25) is 10.0 Å². The molecule has 0 atom stereocenters. The first-order valence-corrected chi connectivity index (χ1v) is 10.3. The molecule has 1 amide bonds. The summed E-state index contributed by atoms with van der Waals surface area (Å²) in [5, 5.41) is 5.12. The third-order valence-electron chi connectivity index (χ3n) is 3.65. The molecule has 140 valence electrons. The van der Waals surface area contributed by atoms with Crippen LogP contribution in [0.2, 0.25) is 5.02 Å². The van der Waals surface area contributed by atoms with E-state index in [9.17, 15) is 17.6 Å². The molecule has 3 rings (SSSR count). The minimum absolute atomic E-state index is 0.0403. The molecule has 0 aliphatic heterocycles. The number of amides is 1. The van der Waals surface area contributed by atoms with Gasteiger partial charge >= 0.3 is 0 Å². The van der Waals surface area contributed by atoms with E-state index in [0.29, 0.717) is 21.6 Å². The van der Waals surface area contributed by atoms with Gasteiger partial charge in [0.25, 0.3) is 5.91 Å². The molecular formula is C17H13ClFN3O3S2. The lowest BCUT2D eigenvalue weighted by atomic mass is 10.2. The van der Waals surface area contributed by atoms with Crippen LogP contribution < -0.4 is 9.94 Å². The molecule has 1 aromatic heterocycles. The van der Waals surface area contributed by atoms with Crippen molar-refractivity contribution < 1.29 is 17.6 Å². The van der Waals surface area contributed by atoms with Gasteiger partial charge in [-0.3, -0.25) is 4.79 Å². The summed E-state index contributed by atoms with van der Waals surface area (Å²) in [4.78, 5) is 16.8. The van der Waals surface area contributed by atoms with Gasteiger partial charge in [-0.2, -0.15) is 4.99 Å². The molecule has 0 bridgehead atoms. The highest BCUT2D eigenvalue weighted by atomic mass is 35.5. The van der Waals surface area contributed by atoms with E-state index in [2.05, 4.69) is 11.6 Å². The van der Waals surface area contributed by atoms with E-state index in [1.54, 1.807) is 16.7 Å². The first-order chi connectivity index (χ1) is 12.7. The number of halogens is 2. The largest absolute Gasteiger partial charge is 0.312 e. The summed E-state index contributed by atoms with van der Waals surface area (Å²) in [5.74, 6) is -1.20. The lowest BCUT2D eigenvalue weighted by Gasteiger charge is -2.02. The Kier molecular flexibility index (Phi) is 5.29. The molecule has 0 aliphatic carbocycles. The number of primary sulfonamides is 1. The number of hydrogen-bond donors (Lipinski definition) is 1. The third kappa shape index (κ3) is 4.01. The number of allylic oxidation sites excluding steroid dienone is 1. The molecule has 27 heavy (non-hydrogen) atoms. The van der Waals surface area contributed by atoms with Gasteiger partial charge in [0, 0.05) is 6.54 Å². The van der Waals surface area contributed by atoms with Gasteiger partial charge in [0.15, 0.2) is 4.80 Å². The predicted octanol–water partition coefficient (Wildman–Crippen LogP) is 3.07. The van der Waals surface area contributed by atoms with Crippen LogP contribution in [0.4, 0.5) is 4.39 Å². The highest BCUT2D eigenvalue weighted by molar-refractivity contribution is 7.89. The van der Waals surface area contributed by atoms with Gasteiger partial charge in [-0.05, 0) is 36.4 Å². The highest BCUT2D eigenvalue weighted by Gasteiger charge is 2.14. The highest BCUT2D eigenvalue weighted by Crippen LogP contribution is 2.22. The van der Waals surface area contributed by atoms with E-state index in [1.807, 2.05) is 0 Å². The summed E-state index contributed by atoms with van der Waals surface area (Å²) < 4.78 is 38.6. The topological polar surface area (TPSA) is 94.5 Å². The first-order valence-electron chi connectivity index (χ1n) is 7.52. The molecule has 0 unspecified atom stereocenters. The number of fused-ring (bicyclic) bond motifs is 1. The second kappa shape index (κ2) is 7.35. The van der Waals surface area contributed by atoms with Crippen molar-refractivity contribution >= 4 is 49.1 Å². The normalized spacial score (nSPS) is 12.5. The van der Waals surface area contributed by atoms with Crippen LogP contribution in [-0.2, 0) is 16.6 Å². The zero-order valence-corrected chi connectivity index (χ0v) is 16.1. The predicted molar refractivity (Wildman–Crippen MR) is 103 cm³/mol. The number of carbonyl (C=O) groups excluding carboxylic acids is 1. The van der Waals surface area contributed by atoms with Crippen molar-refractivity contribution in [2.24, 2.45) is 10.1 Å². The van der Waals surface area contributed by atoms with Crippen molar-refractivity contribution in [2.45, 2.75) is 11.4 Å². The standard InChI is InChI=1S/C17H13ClFN3O3S2/c1-2-7-22-14-6-4-11(27(20,24)25)9-15(14)26-17(22)21-16(23)12-5-3-10(19)8-13(12)18/h2-6,8-9H,1,7H2,(H2,20,24,25). The van der Waals surface area contributed by atoms with E-state index in [-0.39, 0.29) is 15.5 Å². The lowest BCUT2D eigenvalue weighted by molar-refractivity contribution is 0.0998. The summed E-state index contributed by atoms with van der Waals surface area (Å²) in [5.41, 5.74) is 0.731. The van der Waals surface area contributed by atoms with Gasteiger partial charge in [0.05, 0.1) is 25.7 Å². The quantitative estimate of drug-likeness (QED) is 0.651. The number of nitrogens with two attached hydrogens (primary N) is 1. The number of benzene rings is 2. The van der Waals surface area contributed by atoms with Crippen LogP contribution in [0, 0.1) is 5.82 Å². The van der Waals surface area contributed by atoms with Crippen LogP contribution in [0.25, 0.3) is 10.2 Å². The Morgan fingerprint density at radius 3 is 2.70 bits per heavy atom. The molecule has 0 fully saturated rings. The van der Waals surface area contributed by atoms with Crippen molar-refractivity contribution in [2.75, 3.05) is 0 Å². The van der Waals surface area contributed by atoms with E-state index in [1.165, 1.54) is 18.2 Å². The monoisotopic (exact) mass is 425 g/mol. The fourth-order valence-corrected chi connectivity index (χ4v) is 4.37. The summed E-state index contributed by atoms with van der Waals surface area (Å²) >= 11 is 7.04. The zero-order valence-electron chi connectivity index (χ0n) is 13.7. The second-order valence-electron chi connectivity index (χ2n) is 5.50. The van der Waals surface area contributed by atoms with Gasteiger partial charge in [-0.25, -0.2) is 17.9 Å². The average molecular weight is 426 g/mol. The molecule has 0 spiro atoms. The fourth-order valence-electron chi connectivity index (χ4n) is 2.43. The van der Waals surface area contributed by atoms with Gasteiger partial charge < -0.3 is 4.57 Å². The second-order valence-corrected chi connectivity index (χ2v) is 8.48. The maximum atomic E-state index is 13.2. The van der Waals surface area contributed by atoms with E-state index >= 15 is 0 Å². The zero-order chi connectivity index (χ0) is 19.8. The first kappa shape index (κ1) is 19.4. The van der Waals surface area contributed by atoms with Crippen LogP contribution in [0.1, 0.15) is 10.4 Å². The van der Waals surface area contributed by atoms with Crippen molar-refractivity contribution in [1.29, 1.82) is 0 Å². The number of aromatic nitrogens is 1. The van der Waals surface area contributed by atoms with E-state index in [4.69, 9.17) is 16.7 Å². The average Bonchev–Trinajstić information content (AvgIpc) is 2.91. The number of sulfonamides is 1. The van der Waals surface area contributed by atoms with Crippen LogP contribution >= 0.6 is 22.9 Å². The molecule has 10 heteroatoms. The molecule has 3 aromatic rings. The van der Waals surface area contributed by atoms with Gasteiger partial charge in [-0.15, -0.1) is 6.58 Å². The minimum Gasteiger partial charge on any atom is -0.312 e. The Morgan fingerprint density at radius 2 is 2.07 bits per heavy atom. The SMILES string of the molecule is C=CCn1c(=NC(=O)c2ccc(F)cc2Cl)sc2cc(S(N)(=O)=O)ccc21. The maximum Gasteiger partial charge on any atom is 0.281 e. The number of carbonyl (C=O) groups is 1. The van der Waals surface area contributed by atoms with Crippen LogP contribution in [0.5, 0.6) is 0 Å². The molecule has 6 nitrogen and oxygen atoms in total. The van der Waals surface area contributed by atoms with Crippen molar-refractivity contribution in [3.05, 3.63) is 70.3 Å². The Hall–Kier alpha value is -2.33. The summed E-state index contributed by atoms with van der Waals surface area (Å²) in [6.07, 6.45) is 1.62. The summed E-state index contributed by atoms with van der Waals surface area (Å²) in [7, 11) is -3.86. The maximum absolute atomic E-state index is 13.2. The number of thiazole rings is 1. The third-order valence-corrected chi connectivity index (χ3v) is 5.92. The van der Waals surface area contributed by atoms with Crippen molar-refractivity contribution in [3.8, 4) is 0 Å². The lowest BCUT2D eigenvalue weighted by Crippen LogP contribution is -2.16. The molecule has 2 aromatic carbocycles. The summed E-state index contributed by atoms with van der Waals surface area (Å²) in [6, 6.07) is 7.80. The van der Waals surface area contributed by atoms with Gasteiger partial charge in [0.1, 0.15) is 5.82 Å². The Bertz CT molecular complexity index is 1250. The van der Waals surface area contributed by atoms with E-state index in [0.717, 1.165) is 23.5 Å². The van der Waals surface area contributed by atoms with E-state index < -0.39 is 21.7 Å². The fraction of sp³-hybridized carbons (Fsp3) is 0.0588. The summed E-state index contributed by atoms with van der Waals surface area (Å²) in [6.45, 7) is 4.03. The van der Waals surface area contributed by atoms with Crippen LogP contribution in [0.15, 0.2) is 58.9 Å². The molecule has 0 radical (unpaired) electrons. The van der Waals surface area contributed by atoms with Gasteiger partial charge in [-0.1, -0.05) is 29.0 Å². The molecule has 0 saturated heterocycles.